The second-order valence-electron chi connectivity index (χ2n) is 4.42. The van der Waals surface area contributed by atoms with Crippen LogP contribution >= 0.6 is 0 Å². The van der Waals surface area contributed by atoms with Crippen LogP contribution < -0.4 is 5.32 Å². The predicted molar refractivity (Wildman–Crippen MR) is 66.6 cm³/mol. The number of nitrogens with one attached hydrogen (secondary N) is 1. The van der Waals surface area contributed by atoms with Gasteiger partial charge in [0.05, 0.1) is 0 Å². The van der Waals surface area contributed by atoms with Crippen molar-refractivity contribution in [1.82, 2.24) is 0 Å². The van der Waals surface area contributed by atoms with E-state index in [0.29, 0.717) is 0 Å². The van der Waals surface area contributed by atoms with Crippen molar-refractivity contribution >= 4 is 11.6 Å². The summed E-state index contributed by atoms with van der Waals surface area (Å²) in [5, 5.41) is 3.10. The third kappa shape index (κ3) is 2.26. The van der Waals surface area contributed by atoms with Gasteiger partial charge >= 0.3 is 0 Å². The van der Waals surface area contributed by atoms with E-state index in [0.717, 1.165) is 31.4 Å². The first-order valence-corrected chi connectivity index (χ1v) is 6.17. The van der Waals surface area contributed by atoms with Crippen molar-refractivity contribution in [3.8, 4) is 0 Å². The van der Waals surface area contributed by atoms with Crippen LogP contribution in [0.2, 0.25) is 0 Å². The van der Waals surface area contributed by atoms with Crippen LogP contribution in [0.15, 0.2) is 18.2 Å². The lowest BCUT2D eigenvalue weighted by molar-refractivity contribution is -0.117. The van der Waals surface area contributed by atoms with Crippen molar-refractivity contribution in [2.75, 3.05) is 5.32 Å². The number of carbonyl (C=O) groups is 1. The first-order valence-electron chi connectivity index (χ1n) is 6.17. The molecule has 0 aromatic heterocycles. The van der Waals surface area contributed by atoms with Gasteiger partial charge in [-0.05, 0) is 36.8 Å². The molecule has 0 saturated heterocycles. The normalized spacial score (nSPS) is 14.9. The van der Waals surface area contributed by atoms with Crippen LogP contribution in [0.25, 0.3) is 0 Å². The SMILES string of the molecule is CCc1cccc(CC)c1NC(=O)C1CC1. The Balaban J connectivity index is 2.24. The monoisotopic (exact) mass is 217 g/mol. The highest BCUT2D eigenvalue weighted by Crippen LogP contribution is 2.31. The number of benzene rings is 1. The van der Waals surface area contributed by atoms with Gasteiger partial charge in [-0.25, -0.2) is 0 Å². The number of rotatable bonds is 4. The fraction of sp³-hybridized carbons (Fsp3) is 0.500. The summed E-state index contributed by atoms with van der Waals surface area (Å²) in [5.41, 5.74) is 3.55. The number of hydrogen-bond acceptors (Lipinski definition) is 1. The Morgan fingerprint density at radius 1 is 1.25 bits per heavy atom. The zero-order valence-electron chi connectivity index (χ0n) is 10.0. The fourth-order valence-corrected chi connectivity index (χ4v) is 1.97. The van der Waals surface area contributed by atoms with E-state index >= 15 is 0 Å². The van der Waals surface area contributed by atoms with E-state index in [9.17, 15) is 4.79 Å². The third-order valence-electron chi connectivity index (χ3n) is 3.20. The zero-order chi connectivity index (χ0) is 11.5. The molecule has 1 aromatic carbocycles. The first kappa shape index (κ1) is 11.2. The number of para-hydroxylation sites is 1. The Morgan fingerprint density at radius 3 is 2.25 bits per heavy atom. The summed E-state index contributed by atoms with van der Waals surface area (Å²) in [6, 6.07) is 6.27. The summed E-state index contributed by atoms with van der Waals surface area (Å²) < 4.78 is 0. The van der Waals surface area contributed by atoms with E-state index in [1.54, 1.807) is 0 Å². The van der Waals surface area contributed by atoms with Crippen molar-refractivity contribution in [2.24, 2.45) is 5.92 Å². The quantitative estimate of drug-likeness (QED) is 0.824. The van der Waals surface area contributed by atoms with Gasteiger partial charge in [0.25, 0.3) is 0 Å². The molecule has 0 spiro atoms. The van der Waals surface area contributed by atoms with E-state index in [1.165, 1.54) is 11.1 Å². The minimum atomic E-state index is 0.204. The summed E-state index contributed by atoms with van der Waals surface area (Å²) in [7, 11) is 0. The molecular formula is C14H19NO. The molecule has 1 amide bonds. The Bertz CT molecular complexity index is 371. The molecule has 1 saturated carbocycles. The average molecular weight is 217 g/mol. The highest BCUT2D eigenvalue weighted by atomic mass is 16.2. The maximum Gasteiger partial charge on any atom is 0.227 e. The van der Waals surface area contributed by atoms with E-state index < -0.39 is 0 Å². The van der Waals surface area contributed by atoms with Gasteiger partial charge in [0, 0.05) is 11.6 Å². The van der Waals surface area contributed by atoms with Crippen LogP contribution in [0.1, 0.15) is 37.8 Å². The van der Waals surface area contributed by atoms with Gasteiger partial charge in [-0.2, -0.15) is 0 Å². The number of hydrogen-bond donors (Lipinski definition) is 1. The van der Waals surface area contributed by atoms with Crippen LogP contribution in [-0.4, -0.2) is 5.91 Å². The summed E-state index contributed by atoms with van der Waals surface area (Å²) in [4.78, 5) is 11.8. The van der Waals surface area contributed by atoms with Crippen LogP contribution in [0.3, 0.4) is 0 Å². The van der Waals surface area contributed by atoms with Crippen LogP contribution in [0.5, 0.6) is 0 Å². The summed E-state index contributed by atoms with van der Waals surface area (Å²) in [6.45, 7) is 4.25. The maximum absolute atomic E-state index is 11.8. The van der Waals surface area contributed by atoms with Crippen LogP contribution in [0, 0.1) is 5.92 Å². The van der Waals surface area contributed by atoms with Gasteiger partial charge in [0.15, 0.2) is 0 Å². The maximum atomic E-state index is 11.8. The summed E-state index contributed by atoms with van der Waals surface area (Å²) in [6.07, 6.45) is 4.05. The van der Waals surface area contributed by atoms with Gasteiger partial charge in [-0.3, -0.25) is 4.79 Å². The lowest BCUT2D eigenvalue weighted by Crippen LogP contribution is -2.16. The number of carbonyl (C=O) groups excluding carboxylic acids is 1. The standard InChI is InChI=1S/C14H19NO/c1-3-10-6-5-7-11(4-2)13(10)15-14(16)12-8-9-12/h5-7,12H,3-4,8-9H2,1-2H3,(H,15,16). The van der Waals surface area contributed by atoms with E-state index in [4.69, 9.17) is 0 Å². The molecule has 1 fully saturated rings. The molecule has 1 aliphatic rings. The fourth-order valence-electron chi connectivity index (χ4n) is 1.97. The minimum absolute atomic E-state index is 0.204. The van der Waals surface area contributed by atoms with Crippen LogP contribution in [0.4, 0.5) is 5.69 Å². The molecule has 0 radical (unpaired) electrons. The lowest BCUT2D eigenvalue weighted by atomic mass is 10.0. The van der Waals surface area contributed by atoms with Gasteiger partial charge in [0.1, 0.15) is 0 Å². The Hall–Kier alpha value is -1.31. The van der Waals surface area contributed by atoms with Gasteiger partial charge in [-0.1, -0.05) is 32.0 Å². The molecule has 1 N–H and O–H groups in total. The zero-order valence-corrected chi connectivity index (χ0v) is 10.0. The minimum Gasteiger partial charge on any atom is -0.325 e. The Kier molecular flexibility index (Phi) is 3.28. The molecule has 0 heterocycles. The molecule has 0 unspecified atom stereocenters. The third-order valence-corrected chi connectivity index (χ3v) is 3.20. The van der Waals surface area contributed by atoms with Gasteiger partial charge in [-0.15, -0.1) is 0 Å². The highest BCUT2D eigenvalue weighted by Gasteiger charge is 2.30. The van der Waals surface area contributed by atoms with E-state index in [1.807, 2.05) is 0 Å². The second-order valence-corrected chi connectivity index (χ2v) is 4.42. The van der Waals surface area contributed by atoms with E-state index in [2.05, 4.69) is 37.4 Å². The molecule has 1 aromatic rings. The molecule has 2 nitrogen and oxygen atoms in total. The molecular weight excluding hydrogens is 198 g/mol. The predicted octanol–water partition coefficient (Wildman–Crippen LogP) is 3.16. The van der Waals surface area contributed by atoms with Crippen molar-refractivity contribution in [3.63, 3.8) is 0 Å². The van der Waals surface area contributed by atoms with Gasteiger partial charge in [0.2, 0.25) is 5.91 Å². The molecule has 0 bridgehead atoms. The number of amides is 1. The summed E-state index contributed by atoms with van der Waals surface area (Å²) in [5.74, 6) is 0.477. The highest BCUT2D eigenvalue weighted by molar-refractivity contribution is 5.95. The Labute approximate surface area is 97.1 Å². The molecule has 2 heteroatoms. The first-order chi connectivity index (χ1) is 7.76. The van der Waals surface area contributed by atoms with Crippen molar-refractivity contribution in [1.29, 1.82) is 0 Å². The molecule has 16 heavy (non-hydrogen) atoms. The lowest BCUT2D eigenvalue weighted by Gasteiger charge is -2.14. The Morgan fingerprint density at radius 2 is 1.81 bits per heavy atom. The topological polar surface area (TPSA) is 29.1 Å². The molecule has 1 aliphatic carbocycles. The second kappa shape index (κ2) is 4.69. The molecule has 2 rings (SSSR count). The van der Waals surface area contributed by atoms with Crippen molar-refractivity contribution in [3.05, 3.63) is 29.3 Å². The average Bonchev–Trinajstić information content (AvgIpc) is 3.13. The summed E-state index contributed by atoms with van der Waals surface area (Å²) >= 11 is 0. The number of anilines is 1. The largest absolute Gasteiger partial charge is 0.325 e. The van der Waals surface area contributed by atoms with Gasteiger partial charge < -0.3 is 5.32 Å². The van der Waals surface area contributed by atoms with Crippen LogP contribution in [-0.2, 0) is 17.6 Å². The molecule has 86 valence electrons. The van der Waals surface area contributed by atoms with E-state index in [-0.39, 0.29) is 11.8 Å². The van der Waals surface area contributed by atoms with Crippen molar-refractivity contribution in [2.45, 2.75) is 39.5 Å². The number of aryl methyl sites for hydroxylation is 2. The molecule has 0 atom stereocenters. The smallest absolute Gasteiger partial charge is 0.227 e. The van der Waals surface area contributed by atoms with Crippen molar-refractivity contribution < 1.29 is 4.79 Å². The molecule has 0 aliphatic heterocycles.